The van der Waals surface area contributed by atoms with Gasteiger partial charge in [0.15, 0.2) is 0 Å². The minimum absolute atomic E-state index is 0.0447. The molecule has 88 valence electrons. The lowest BCUT2D eigenvalue weighted by molar-refractivity contribution is -0.139. The van der Waals surface area contributed by atoms with Crippen LogP contribution in [0.25, 0.3) is 0 Å². The summed E-state index contributed by atoms with van der Waals surface area (Å²) in [5.41, 5.74) is 0. The topological polar surface area (TPSA) is 74.6 Å². The molecule has 5 heteroatoms. The minimum atomic E-state index is -0.865. The molecule has 0 saturated heterocycles. The molecule has 0 aliphatic carbocycles. The van der Waals surface area contributed by atoms with Crippen LogP contribution >= 0.6 is 11.8 Å². The summed E-state index contributed by atoms with van der Waals surface area (Å²) < 4.78 is 0. The average Bonchev–Trinajstić information content (AvgIpc) is 2.08. The Balaban J connectivity index is 3.94. The fourth-order valence-corrected chi connectivity index (χ4v) is 2.25. The molecular formula is C10H18O4S. The summed E-state index contributed by atoms with van der Waals surface area (Å²) in [6, 6.07) is 0. The molecule has 15 heavy (non-hydrogen) atoms. The number of carboxylic acid groups (broad SMARTS) is 2. The van der Waals surface area contributed by atoms with Gasteiger partial charge in [-0.25, -0.2) is 0 Å². The largest absolute Gasteiger partial charge is 0.481 e. The maximum Gasteiger partial charge on any atom is 0.304 e. The molecule has 0 rings (SSSR count). The van der Waals surface area contributed by atoms with Crippen LogP contribution in [0.2, 0.25) is 0 Å². The van der Waals surface area contributed by atoms with Gasteiger partial charge in [-0.3, -0.25) is 9.59 Å². The maximum atomic E-state index is 10.5. The highest BCUT2D eigenvalue weighted by molar-refractivity contribution is 7.99. The molecule has 0 fully saturated rings. The van der Waals surface area contributed by atoms with Crippen molar-refractivity contribution in [1.29, 1.82) is 0 Å². The van der Waals surface area contributed by atoms with Gasteiger partial charge in [-0.05, 0) is 18.1 Å². The van der Waals surface area contributed by atoms with Gasteiger partial charge in [0.2, 0.25) is 0 Å². The second-order valence-corrected chi connectivity index (χ2v) is 5.21. The van der Waals surface area contributed by atoms with E-state index < -0.39 is 11.9 Å². The van der Waals surface area contributed by atoms with Gasteiger partial charge in [-0.1, -0.05) is 13.8 Å². The third-order valence-corrected chi connectivity index (χ3v) is 3.48. The van der Waals surface area contributed by atoms with Crippen molar-refractivity contribution in [3.63, 3.8) is 0 Å². The zero-order valence-electron chi connectivity index (χ0n) is 9.10. The van der Waals surface area contributed by atoms with E-state index in [0.717, 1.165) is 5.75 Å². The van der Waals surface area contributed by atoms with E-state index in [1.807, 2.05) is 0 Å². The number of thioether (sulfide) groups is 1. The lowest BCUT2D eigenvalue weighted by atomic mass is 10.2. The Hall–Kier alpha value is -0.710. The van der Waals surface area contributed by atoms with E-state index in [0.29, 0.717) is 12.3 Å². The van der Waals surface area contributed by atoms with Crippen molar-refractivity contribution in [2.45, 2.75) is 38.4 Å². The van der Waals surface area contributed by atoms with Gasteiger partial charge in [-0.15, -0.1) is 0 Å². The number of hydrogen-bond donors (Lipinski definition) is 2. The van der Waals surface area contributed by atoms with Crippen molar-refractivity contribution in [1.82, 2.24) is 0 Å². The van der Waals surface area contributed by atoms with Gasteiger partial charge in [0.1, 0.15) is 0 Å². The molecule has 0 aromatic rings. The zero-order valence-corrected chi connectivity index (χ0v) is 9.92. The lowest BCUT2D eigenvalue weighted by Gasteiger charge is -2.14. The van der Waals surface area contributed by atoms with E-state index in [9.17, 15) is 9.59 Å². The zero-order chi connectivity index (χ0) is 11.8. The summed E-state index contributed by atoms with van der Waals surface area (Å²) >= 11 is 1.56. The fraction of sp³-hybridized carbons (Fsp3) is 0.800. The van der Waals surface area contributed by atoms with Crippen LogP contribution in [0, 0.1) is 5.92 Å². The van der Waals surface area contributed by atoms with Crippen molar-refractivity contribution in [2.75, 3.05) is 5.75 Å². The summed E-state index contributed by atoms with van der Waals surface area (Å²) in [4.78, 5) is 20.9. The summed E-state index contributed by atoms with van der Waals surface area (Å²) in [5.74, 6) is -0.356. The second-order valence-electron chi connectivity index (χ2n) is 3.88. The van der Waals surface area contributed by atoms with Crippen molar-refractivity contribution < 1.29 is 19.8 Å². The van der Waals surface area contributed by atoms with Crippen LogP contribution in [0.1, 0.15) is 33.1 Å². The van der Waals surface area contributed by atoms with Gasteiger partial charge >= 0.3 is 11.9 Å². The highest BCUT2D eigenvalue weighted by Crippen LogP contribution is 2.22. The highest BCUT2D eigenvalue weighted by atomic mass is 32.2. The summed E-state index contributed by atoms with van der Waals surface area (Å²) in [6.45, 7) is 4.12. The molecule has 1 atom stereocenters. The molecule has 0 aliphatic heterocycles. The third-order valence-electron chi connectivity index (χ3n) is 1.75. The summed E-state index contributed by atoms with van der Waals surface area (Å²) in [5, 5.41) is 17.1. The molecule has 0 aromatic carbocycles. The SMILES string of the molecule is CC(C)CSC(CCC(=O)O)CC(=O)O. The first kappa shape index (κ1) is 14.3. The van der Waals surface area contributed by atoms with Gasteiger partial charge in [0, 0.05) is 11.7 Å². The van der Waals surface area contributed by atoms with E-state index in [4.69, 9.17) is 10.2 Å². The number of aliphatic carboxylic acids is 2. The molecule has 0 saturated carbocycles. The lowest BCUT2D eigenvalue weighted by Crippen LogP contribution is -2.13. The molecule has 0 bridgehead atoms. The van der Waals surface area contributed by atoms with Crippen LogP contribution in [0.15, 0.2) is 0 Å². The average molecular weight is 234 g/mol. The highest BCUT2D eigenvalue weighted by Gasteiger charge is 2.15. The Kier molecular flexibility index (Phi) is 7.21. The first-order valence-corrected chi connectivity index (χ1v) is 6.02. The van der Waals surface area contributed by atoms with E-state index in [1.165, 1.54) is 0 Å². The molecule has 4 nitrogen and oxygen atoms in total. The van der Waals surface area contributed by atoms with Crippen LogP contribution in [-0.4, -0.2) is 33.2 Å². The second kappa shape index (κ2) is 7.56. The Bertz CT molecular complexity index is 215. The standard InChI is InChI=1S/C10H18O4S/c1-7(2)6-15-8(5-10(13)14)3-4-9(11)12/h7-8H,3-6H2,1-2H3,(H,11,12)(H,13,14). The van der Waals surface area contributed by atoms with Crippen LogP contribution in [0.3, 0.4) is 0 Å². The Morgan fingerprint density at radius 1 is 1.20 bits per heavy atom. The van der Waals surface area contributed by atoms with Crippen LogP contribution in [-0.2, 0) is 9.59 Å². The van der Waals surface area contributed by atoms with Gasteiger partial charge in [0.05, 0.1) is 6.42 Å². The van der Waals surface area contributed by atoms with Crippen molar-refractivity contribution in [3.05, 3.63) is 0 Å². The maximum absolute atomic E-state index is 10.5. The van der Waals surface area contributed by atoms with Crippen molar-refractivity contribution in [2.24, 2.45) is 5.92 Å². The smallest absolute Gasteiger partial charge is 0.304 e. The van der Waals surface area contributed by atoms with Crippen LogP contribution in [0.4, 0.5) is 0 Å². The number of carboxylic acids is 2. The molecule has 0 spiro atoms. The fourth-order valence-electron chi connectivity index (χ4n) is 1.05. The van der Waals surface area contributed by atoms with Crippen molar-refractivity contribution in [3.8, 4) is 0 Å². The third kappa shape index (κ3) is 9.59. The number of carbonyl (C=O) groups is 2. The first-order chi connectivity index (χ1) is 6.91. The molecule has 0 heterocycles. The minimum Gasteiger partial charge on any atom is -0.481 e. The van der Waals surface area contributed by atoms with Gasteiger partial charge in [-0.2, -0.15) is 11.8 Å². The van der Waals surface area contributed by atoms with E-state index >= 15 is 0 Å². The molecular weight excluding hydrogens is 216 g/mol. The first-order valence-electron chi connectivity index (χ1n) is 4.97. The van der Waals surface area contributed by atoms with E-state index in [2.05, 4.69) is 13.8 Å². The van der Waals surface area contributed by atoms with Crippen LogP contribution in [0.5, 0.6) is 0 Å². The Labute approximate surface area is 94.1 Å². The van der Waals surface area contributed by atoms with E-state index in [1.54, 1.807) is 11.8 Å². The number of hydrogen-bond acceptors (Lipinski definition) is 3. The predicted octanol–water partition coefficient (Wildman–Crippen LogP) is 2.08. The summed E-state index contributed by atoms with van der Waals surface area (Å²) in [6.07, 6.45) is 0.521. The normalized spacial score (nSPS) is 12.7. The van der Waals surface area contributed by atoms with Gasteiger partial charge in [0.25, 0.3) is 0 Å². The van der Waals surface area contributed by atoms with Crippen LogP contribution < -0.4 is 0 Å². The number of rotatable bonds is 8. The molecule has 2 N–H and O–H groups in total. The Morgan fingerprint density at radius 3 is 2.20 bits per heavy atom. The quantitative estimate of drug-likeness (QED) is 0.672. The predicted molar refractivity (Wildman–Crippen MR) is 60.2 cm³/mol. The monoisotopic (exact) mass is 234 g/mol. The van der Waals surface area contributed by atoms with Gasteiger partial charge < -0.3 is 10.2 Å². The summed E-state index contributed by atoms with van der Waals surface area (Å²) in [7, 11) is 0. The van der Waals surface area contributed by atoms with E-state index in [-0.39, 0.29) is 18.1 Å². The molecule has 0 aromatic heterocycles. The molecule has 0 radical (unpaired) electrons. The molecule has 0 amide bonds. The molecule has 1 unspecified atom stereocenters. The van der Waals surface area contributed by atoms with Crippen molar-refractivity contribution >= 4 is 23.7 Å². The Morgan fingerprint density at radius 2 is 1.80 bits per heavy atom. The molecule has 0 aliphatic rings.